The summed E-state index contributed by atoms with van der Waals surface area (Å²) in [6.45, 7) is 53.9. The van der Waals surface area contributed by atoms with E-state index in [1.54, 1.807) is 0 Å². The molecule has 0 fully saturated rings. The Labute approximate surface area is 389 Å². The molecule has 0 aliphatic rings. The fourth-order valence-electron chi connectivity index (χ4n) is 10.3. The van der Waals surface area contributed by atoms with Crippen molar-refractivity contribution < 1.29 is 8.22 Å². The second-order valence-electron chi connectivity index (χ2n) is 23.8. The Morgan fingerprint density at radius 3 is 0.746 bits per heavy atom. The molecule has 0 unspecified atom stereocenters. The lowest BCUT2D eigenvalue weighted by atomic mass is 9.76. The van der Waals surface area contributed by atoms with E-state index in [1.165, 1.54) is 55.6 Å². The molecule has 1 nitrogen and oxygen atoms in total. The van der Waals surface area contributed by atoms with Crippen molar-refractivity contribution in [1.29, 1.82) is 0 Å². The average molecular weight is 911 g/mol. The molecule has 0 bridgehead atoms. The van der Waals surface area contributed by atoms with E-state index < -0.39 is 25.4 Å². The minimum absolute atomic E-state index is 0.127. The van der Waals surface area contributed by atoms with Crippen molar-refractivity contribution in [2.24, 2.45) is 0 Å². The number of hydrogen-bond donors (Lipinski definition) is 0. The summed E-state index contributed by atoms with van der Waals surface area (Å²) in [6, 6.07) is 18.9. The maximum Gasteiger partial charge on any atom is 0.528 e. The highest BCUT2D eigenvalue weighted by molar-refractivity contribution is 7.05. The molecule has 348 valence electrons. The molecular weight excluding hydrogens is 821 g/mol. The largest absolute Gasteiger partial charge is 0.528 e. The van der Waals surface area contributed by atoms with Gasteiger partial charge >= 0.3 is 8.90 Å². The van der Waals surface area contributed by atoms with Gasteiger partial charge in [-0.15, -0.1) is 0 Å². The fourth-order valence-corrected chi connectivity index (χ4v) is 27.0. The fraction of sp³-hybridized carbons (Fsp3) is 0.579. The Kier molecular flexibility index (Phi) is 16.5. The monoisotopic (exact) mass is 910 g/mol. The van der Waals surface area contributed by atoms with Crippen molar-refractivity contribution in [2.45, 2.75) is 217 Å². The van der Waals surface area contributed by atoms with E-state index >= 15 is 8.22 Å². The van der Waals surface area contributed by atoms with Crippen molar-refractivity contribution in [3.8, 4) is 33.4 Å². The van der Waals surface area contributed by atoms with Crippen LogP contribution < -0.4 is 5.19 Å². The van der Waals surface area contributed by atoms with Crippen LogP contribution in [0.4, 0.5) is 8.22 Å². The molecule has 0 aromatic heterocycles. The summed E-state index contributed by atoms with van der Waals surface area (Å²) in [7, 11) is -10.7. The van der Waals surface area contributed by atoms with Gasteiger partial charge in [0.25, 0.3) is 0 Å². The van der Waals surface area contributed by atoms with Gasteiger partial charge in [0, 0.05) is 5.19 Å². The van der Waals surface area contributed by atoms with Gasteiger partial charge in [-0.3, -0.25) is 0 Å². The summed E-state index contributed by atoms with van der Waals surface area (Å²) >= 11 is 0. The molecule has 4 aromatic carbocycles. The summed E-state index contributed by atoms with van der Waals surface area (Å²) in [5.41, 5.74) is 17.1. The van der Waals surface area contributed by atoms with E-state index in [-0.39, 0.29) is 35.5 Å². The zero-order valence-corrected chi connectivity index (χ0v) is 47.5. The zero-order valence-electron chi connectivity index (χ0n) is 44.5. The Morgan fingerprint density at radius 1 is 0.333 bits per heavy atom. The van der Waals surface area contributed by atoms with Gasteiger partial charge in [0.15, 0.2) is 0 Å². The lowest BCUT2D eigenvalue weighted by molar-refractivity contribution is 0.550. The molecular formula is C57H89F2NSi3. The van der Waals surface area contributed by atoms with Crippen LogP contribution in [0.15, 0.2) is 48.5 Å². The van der Waals surface area contributed by atoms with Crippen LogP contribution in [0.2, 0.25) is 39.3 Å². The zero-order chi connectivity index (χ0) is 48.2. The molecule has 0 aliphatic carbocycles. The highest BCUT2D eigenvalue weighted by Crippen LogP contribution is 2.49. The van der Waals surface area contributed by atoms with E-state index in [2.05, 4.69) is 212 Å². The second kappa shape index (κ2) is 19.7. The molecule has 63 heavy (non-hydrogen) atoms. The molecule has 4 rings (SSSR count). The summed E-state index contributed by atoms with van der Waals surface area (Å²) < 4.78 is 41.3. The van der Waals surface area contributed by atoms with E-state index in [0.717, 1.165) is 27.8 Å². The molecule has 0 spiro atoms. The SMILES string of the molecule is CC(C)c1cc(C(C)C)c(-c2cc(-c3c(C(C)C)cc(C(C)C)cc3C(C)C)c([Si](F)(F)N([Si](C)(C)C)[Si](C)(C)C)c(-c3c(C(C)C)cc(C(C)C)cc3C(C)C)c2)c(C(C)C)c1. The molecule has 0 amide bonds. The highest BCUT2D eigenvalue weighted by atomic mass is 28.5. The van der Waals surface area contributed by atoms with E-state index in [0.29, 0.717) is 22.9 Å². The molecule has 0 heterocycles. The summed E-state index contributed by atoms with van der Waals surface area (Å²) in [5, 5.41) is 0.328. The van der Waals surface area contributed by atoms with Gasteiger partial charge in [-0.05, 0) is 149 Å². The molecule has 0 aliphatic heterocycles. The number of hydrogen-bond acceptors (Lipinski definition) is 1. The number of rotatable bonds is 16. The molecule has 6 heteroatoms. The molecule has 0 radical (unpaired) electrons. The summed E-state index contributed by atoms with van der Waals surface area (Å²) in [5.74, 6) is 1.96. The van der Waals surface area contributed by atoms with Crippen LogP contribution in [-0.2, 0) is 0 Å². The highest BCUT2D eigenvalue weighted by Gasteiger charge is 2.58. The van der Waals surface area contributed by atoms with Crippen molar-refractivity contribution in [2.75, 3.05) is 0 Å². The first-order valence-electron chi connectivity index (χ1n) is 24.7. The minimum Gasteiger partial charge on any atom is -0.314 e. The van der Waals surface area contributed by atoms with E-state index in [9.17, 15) is 0 Å². The first-order valence-corrected chi connectivity index (χ1v) is 33.3. The van der Waals surface area contributed by atoms with Crippen LogP contribution in [-0.4, -0.2) is 29.3 Å². The van der Waals surface area contributed by atoms with Gasteiger partial charge in [0.2, 0.25) is 0 Å². The van der Waals surface area contributed by atoms with Gasteiger partial charge in [0.1, 0.15) is 16.5 Å². The Balaban J connectivity index is 2.65. The maximum atomic E-state index is 19.7. The van der Waals surface area contributed by atoms with Gasteiger partial charge in [0.05, 0.1) is 0 Å². The van der Waals surface area contributed by atoms with Crippen LogP contribution in [0, 0.1) is 0 Å². The number of halogens is 2. The van der Waals surface area contributed by atoms with Crippen molar-refractivity contribution in [1.82, 2.24) is 3.90 Å². The van der Waals surface area contributed by atoms with Crippen LogP contribution in [0.3, 0.4) is 0 Å². The number of benzene rings is 4. The number of nitrogens with zero attached hydrogens (tertiary/aromatic N) is 1. The smallest absolute Gasteiger partial charge is 0.314 e. The van der Waals surface area contributed by atoms with Crippen molar-refractivity contribution >= 4 is 30.6 Å². The Hall–Kier alpha value is -2.65. The van der Waals surface area contributed by atoms with Crippen LogP contribution >= 0.6 is 0 Å². The molecule has 0 saturated carbocycles. The quantitative estimate of drug-likeness (QED) is 0.0800. The standard InChI is InChI=1S/C57H89F2NSi3/c1-33(2)42-25-46(36(7)8)54(47(26-42)37(9)10)45-31-52(55-48(38(11)12)27-43(34(3)4)28-49(55)39(13)14)57(63(58,59)60(61(19,20)21)62(22,23)24)53(32-45)56-50(40(15)16)29-44(35(5)6)30-51(56)41(17)18/h25-41H,1-24H3. The first-order chi connectivity index (χ1) is 28.7. The van der Waals surface area contributed by atoms with Gasteiger partial charge < -0.3 is 3.90 Å². The lowest BCUT2D eigenvalue weighted by Crippen LogP contribution is -2.73. The van der Waals surface area contributed by atoms with Crippen LogP contribution in [0.25, 0.3) is 33.4 Å². The first kappa shape index (κ1) is 53.0. The summed E-state index contributed by atoms with van der Waals surface area (Å²) in [6.07, 6.45) is 0. The predicted molar refractivity (Wildman–Crippen MR) is 286 cm³/mol. The second-order valence-corrected chi connectivity index (χ2v) is 36.7. The predicted octanol–water partition coefficient (Wildman–Crippen LogP) is 18.9. The topological polar surface area (TPSA) is 3.24 Å². The molecule has 0 atom stereocenters. The molecule has 4 aromatic rings. The molecule has 0 saturated heterocycles. The van der Waals surface area contributed by atoms with Crippen LogP contribution in [0.1, 0.15) is 228 Å². The third kappa shape index (κ3) is 11.0. The van der Waals surface area contributed by atoms with Gasteiger partial charge in [-0.25, -0.2) is 8.22 Å². The average Bonchev–Trinajstić information content (AvgIpc) is 3.13. The van der Waals surface area contributed by atoms with Gasteiger partial charge in [-0.2, -0.15) is 0 Å². The third-order valence-corrected chi connectivity index (χ3v) is 27.4. The van der Waals surface area contributed by atoms with E-state index in [4.69, 9.17) is 0 Å². The van der Waals surface area contributed by atoms with Crippen molar-refractivity contribution in [3.05, 3.63) is 98.6 Å². The van der Waals surface area contributed by atoms with Crippen LogP contribution in [0.5, 0.6) is 0 Å². The Morgan fingerprint density at radius 2 is 0.556 bits per heavy atom. The lowest BCUT2D eigenvalue weighted by Gasteiger charge is -2.48. The normalized spacial score (nSPS) is 13.4. The molecule has 0 N–H and O–H groups in total. The van der Waals surface area contributed by atoms with E-state index in [1.807, 2.05) is 3.90 Å². The maximum absolute atomic E-state index is 19.7. The minimum atomic E-state index is -5.50. The third-order valence-electron chi connectivity index (χ3n) is 13.3. The summed E-state index contributed by atoms with van der Waals surface area (Å²) in [4.78, 5) is 0. The van der Waals surface area contributed by atoms with Crippen molar-refractivity contribution in [3.63, 3.8) is 0 Å². The Bertz CT molecular complexity index is 2040. The van der Waals surface area contributed by atoms with Gasteiger partial charge in [-0.1, -0.05) is 200 Å².